The molecule has 0 aliphatic heterocycles. The molecule has 0 radical (unpaired) electrons. The van der Waals surface area contributed by atoms with Crippen molar-refractivity contribution in [1.29, 1.82) is 0 Å². The minimum absolute atomic E-state index is 1.62. The SMILES string of the molecule is C=C(C(=O)OC1CC(C(O)(F)C(F)(F)F)CC(C(O)(C(F)(F)F)C(F)(F)F)C1)C(F)(F)F. The Balaban J connectivity index is 3.47. The maximum atomic E-state index is 13.9. The molecule has 4 nitrogen and oxygen atoms in total. The Morgan fingerprint density at radius 1 is 0.719 bits per heavy atom. The normalized spacial score (nSPS) is 25.8. The van der Waals surface area contributed by atoms with Crippen molar-refractivity contribution in [2.75, 3.05) is 0 Å². The summed E-state index contributed by atoms with van der Waals surface area (Å²) in [6.07, 6.45) is -33.0. The largest absolute Gasteiger partial charge is 0.459 e. The number of ether oxygens (including phenoxy) is 1. The quantitative estimate of drug-likeness (QED) is 0.336. The number of hydrogen-bond donors (Lipinski definition) is 2. The van der Waals surface area contributed by atoms with Gasteiger partial charge in [0.25, 0.3) is 5.60 Å². The number of carbonyl (C=O) groups excluding carboxylic acids is 1. The van der Waals surface area contributed by atoms with E-state index in [1.54, 1.807) is 0 Å². The van der Waals surface area contributed by atoms with Crippen LogP contribution < -0.4 is 0 Å². The fraction of sp³-hybridized carbons (Fsp3) is 0.800. The lowest BCUT2D eigenvalue weighted by atomic mass is 9.68. The molecule has 0 bridgehead atoms. The Kier molecular flexibility index (Phi) is 7.25. The van der Waals surface area contributed by atoms with E-state index in [-0.39, 0.29) is 0 Å². The summed E-state index contributed by atoms with van der Waals surface area (Å²) in [5.41, 5.74) is -8.09. The van der Waals surface area contributed by atoms with Crippen molar-refractivity contribution in [1.82, 2.24) is 0 Å². The fourth-order valence-corrected chi connectivity index (χ4v) is 3.21. The molecule has 2 N–H and O–H groups in total. The van der Waals surface area contributed by atoms with Crippen molar-refractivity contribution < 1.29 is 76.8 Å². The Morgan fingerprint density at radius 2 is 1.12 bits per heavy atom. The van der Waals surface area contributed by atoms with Gasteiger partial charge < -0.3 is 14.9 Å². The molecule has 0 spiro atoms. The van der Waals surface area contributed by atoms with Crippen molar-refractivity contribution in [2.45, 2.75) is 61.5 Å². The average molecular weight is 504 g/mol. The number of rotatable bonds is 4. The lowest BCUT2D eigenvalue weighted by Crippen LogP contribution is -2.64. The average Bonchev–Trinajstić information content (AvgIpc) is 2.56. The molecule has 1 saturated carbocycles. The minimum Gasteiger partial charge on any atom is -0.459 e. The van der Waals surface area contributed by atoms with E-state index >= 15 is 0 Å². The first kappa shape index (κ1) is 28.3. The van der Waals surface area contributed by atoms with Crippen molar-refractivity contribution in [3.63, 3.8) is 0 Å². The Morgan fingerprint density at radius 3 is 1.47 bits per heavy atom. The lowest BCUT2D eigenvalue weighted by molar-refractivity contribution is -0.395. The molecule has 0 aromatic rings. The summed E-state index contributed by atoms with van der Waals surface area (Å²) in [5, 5.41) is 18.5. The summed E-state index contributed by atoms with van der Waals surface area (Å²) in [6.45, 7) is 2.23. The van der Waals surface area contributed by atoms with Crippen LogP contribution in [0.25, 0.3) is 0 Å². The summed E-state index contributed by atoms with van der Waals surface area (Å²) in [6, 6.07) is 0. The van der Waals surface area contributed by atoms with Gasteiger partial charge in [-0.2, -0.15) is 52.7 Å². The molecular formula is C15H13F13O4. The molecule has 0 aromatic heterocycles. The number of alkyl halides is 13. The molecule has 4 atom stereocenters. The van der Waals surface area contributed by atoms with E-state index in [9.17, 15) is 67.0 Å². The fourth-order valence-electron chi connectivity index (χ4n) is 3.21. The number of hydrogen-bond acceptors (Lipinski definition) is 4. The Hall–Kier alpha value is -1.78. The van der Waals surface area contributed by atoms with Gasteiger partial charge in [-0.1, -0.05) is 6.58 Å². The van der Waals surface area contributed by atoms with Crippen molar-refractivity contribution in [3.8, 4) is 0 Å². The van der Waals surface area contributed by atoms with Gasteiger partial charge in [0.05, 0.1) is 0 Å². The maximum absolute atomic E-state index is 13.9. The topological polar surface area (TPSA) is 66.8 Å². The van der Waals surface area contributed by atoms with Crippen LogP contribution in [0.3, 0.4) is 0 Å². The van der Waals surface area contributed by atoms with Crippen LogP contribution >= 0.6 is 0 Å². The van der Waals surface area contributed by atoms with Crippen LogP contribution in [0.4, 0.5) is 57.1 Å². The molecule has 1 aliphatic rings. The third kappa shape index (κ3) is 5.23. The van der Waals surface area contributed by atoms with E-state index in [0.717, 1.165) is 0 Å². The van der Waals surface area contributed by atoms with Gasteiger partial charge in [0.2, 0.25) is 0 Å². The molecule has 32 heavy (non-hydrogen) atoms. The van der Waals surface area contributed by atoms with Gasteiger partial charge >= 0.3 is 36.5 Å². The number of carbonyl (C=O) groups is 1. The van der Waals surface area contributed by atoms with E-state index in [1.807, 2.05) is 0 Å². The predicted octanol–water partition coefficient (Wildman–Crippen LogP) is 4.51. The predicted molar refractivity (Wildman–Crippen MR) is 75.1 cm³/mol. The highest BCUT2D eigenvalue weighted by atomic mass is 19.4. The molecule has 188 valence electrons. The lowest BCUT2D eigenvalue weighted by Gasteiger charge is -2.46. The van der Waals surface area contributed by atoms with Gasteiger partial charge in [0, 0.05) is 11.8 Å². The van der Waals surface area contributed by atoms with Crippen LogP contribution in [-0.4, -0.2) is 58.4 Å². The first-order valence-corrected chi connectivity index (χ1v) is 8.18. The molecule has 0 heterocycles. The van der Waals surface area contributed by atoms with E-state index < -0.39 is 84.9 Å². The zero-order chi connectivity index (χ0) is 25.7. The monoisotopic (exact) mass is 504 g/mol. The van der Waals surface area contributed by atoms with Gasteiger partial charge in [-0.3, -0.25) is 0 Å². The van der Waals surface area contributed by atoms with Crippen LogP contribution in [0.1, 0.15) is 19.3 Å². The summed E-state index contributed by atoms with van der Waals surface area (Å²) < 4.78 is 172. The summed E-state index contributed by atoms with van der Waals surface area (Å²) in [5.74, 6) is -14.5. The second kappa shape index (κ2) is 8.22. The highest BCUT2D eigenvalue weighted by Crippen LogP contribution is 2.55. The molecule has 1 rings (SSSR count). The van der Waals surface area contributed by atoms with Gasteiger partial charge in [0.1, 0.15) is 11.7 Å². The molecule has 17 heteroatoms. The van der Waals surface area contributed by atoms with Crippen LogP contribution in [0.5, 0.6) is 0 Å². The minimum atomic E-state index is -6.60. The molecule has 1 fully saturated rings. The third-order valence-corrected chi connectivity index (χ3v) is 4.92. The summed E-state index contributed by atoms with van der Waals surface area (Å²) >= 11 is 0. The number of halogens is 13. The summed E-state index contributed by atoms with van der Waals surface area (Å²) in [7, 11) is 0. The molecule has 0 aromatic carbocycles. The standard InChI is InChI=1S/C15H13F13O4/c1-5(12(17,18)19)9(29)32-8-3-6(10(30,13(20,21)22)14(23,24)25)2-7(4-8)11(16,31)15(26,27)28/h6-8,30-31H,1-4H2. The number of esters is 1. The van der Waals surface area contributed by atoms with Crippen molar-refractivity contribution in [2.24, 2.45) is 11.8 Å². The van der Waals surface area contributed by atoms with Crippen LogP contribution in [-0.2, 0) is 9.53 Å². The van der Waals surface area contributed by atoms with E-state index in [1.165, 1.54) is 0 Å². The van der Waals surface area contributed by atoms with Gasteiger partial charge in [0.15, 0.2) is 0 Å². The third-order valence-electron chi connectivity index (χ3n) is 4.92. The Bertz CT molecular complexity index is 703. The maximum Gasteiger partial charge on any atom is 0.448 e. The van der Waals surface area contributed by atoms with Crippen LogP contribution in [0, 0.1) is 11.8 Å². The van der Waals surface area contributed by atoms with E-state index in [0.29, 0.717) is 0 Å². The Labute approximate surface area is 169 Å². The molecule has 1 aliphatic carbocycles. The number of aliphatic hydroxyl groups is 2. The smallest absolute Gasteiger partial charge is 0.448 e. The van der Waals surface area contributed by atoms with Crippen LogP contribution in [0.15, 0.2) is 12.2 Å². The first-order chi connectivity index (χ1) is 13.9. The zero-order valence-electron chi connectivity index (χ0n) is 15.2. The zero-order valence-corrected chi connectivity index (χ0v) is 15.2. The summed E-state index contributed by atoms with van der Waals surface area (Å²) in [4.78, 5) is 11.4. The second-order valence-corrected chi connectivity index (χ2v) is 7.04. The molecule has 0 amide bonds. The van der Waals surface area contributed by atoms with Gasteiger partial charge in [-0.05, 0) is 19.3 Å². The molecule has 4 unspecified atom stereocenters. The van der Waals surface area contributed by atoms with Crippen LogP contribution in [0.2, 0.25) is 0 Å². The molecule has 0 saturated heterocycles. The van der Waals surface area contributed by atoms with Crippen molar-refractivity contribution >= 4 is 5.97 Å². The second-order valence-electron chi connectivity index (χ2n) is 7.04. The van der Waals surface area contributed by atoms with E-state index in [4.69, 9.17) is 5.11 Å². The van der Waals surface area contributed by atoms with Gasteiger partial charge in [-0.15, -0.1) is 0 Å². The highest BCUT2D eigenvalue weighted by molar-refractivity contribution is 5.89. The highest BCUT2D eigenvalue weighted by Gasteiger charge is 2.75. The van der Waals surface area contributed by atoms with E-state index in [2.05, 4.69) is 11.3 Å². The van der Waals surface area contributed by atoms with Gasteiger partial charge in [-0.25, -0.2) is 9.18 Å². The molecular weight excluding hydrogens is 491 g/mol. The first-order valence-electron chi connectivity index (χ1n) is 8.18. The van der Waals surface area contributed by atoms with Crippen molar-refractivity contribution in [3.05, 3.63) is 12.2 Å².